The molecule has 0 aromatic heterocycles. The Morgan fingerprint density at radius 3 is 2.33 bits per heavy atom. The molecule has 0 saturated heterocycles. The third kappa shape index (κ3) is 4.19. The Balaban J connectivity index is 2.36. The standard InChI is InChI=1S/C15H13F2NO2S/c16-12-5-11(6-13(17)7-12)14-4-2-1-3-10(14)8-21(20)9-15(18)19/h1-7H,8-9H2,(H2,18,19)/t21-/m1/s1. The van der Waals surface area contributed by atoms with E-state index in [1.165, 1.54) is 12.1 Å². The van der Waals surface area contributed by atoms with E-state index < -0.39 is 28.3 Å². The molecule has 0 unspecified atom stereocenters. The summed E-state index contributed by atoms with van der Waals surface area (Å²) in [4.78, 5) is 10.8. The minimum Gasteiger partial charge on any atom is -0.369 e. The molecule has 2 N–H and O–H groups in total. The molecule has 21 heavy (non-hydrogen) atoms. The first-order chi connectivity index (χ1) is 9.95. The highest BCUT2D eigenvalue weighted by atomic mass is 32.2. The molecule has 0 aliphatic rings. The van der Waals surface area contributed by atoms with Crippen LogP contribution < -0.4 is 5.73 Å². The van der Waals surface area contributed by atoms with Crippen molar-refractivity contribution in [1.29, 1.82) is 0 Å². The SMILES string of the molecule is NC(=O)C[S@](=O)Cc1ccccc1-c1cc(F)cc(F)c1. The van der Waals surface area contributed by atoms with Gasteiger partial charge in [-0.15, -0.1) is 0 Å². The number of amides is 1. The molecule has 0 aliphatic heterocycles. The summed E-state index contributed by atoms with van der Waals surface area (Å²) in [5, 5.41) is 0. The van der Waals surface area contributed by atoms with Gasteiger partial charge in [-0.3, -0.25) is 9.00 Å². The van der Waals surface area contributed by atoms with E-state index >= 15 is 0 Å². The molecule has 2 aromatic carbocycles. The van der Waals surface area contributed by atoms with Crippen molar-refractivity contribution in [1.82, 2.24) is 0 Å². The molecule has 3 nitrogen and oxygen atoms in total. The topological polar surface area (TPSA) is 60.2 Å². The first-order valence-corrected chi connectivity index (χ1v) is 7.62. The minimum absolute atomic E-state index is 0.0945. The zero-order chi connectivity index (χ0) is 15.4. The number of halogens is 2. The fourth-order valence-corrected chi connectivity index (χ4v) is 3.04. The van der Waals surface area contributed by atoms with E-state index in [-0.39, 0.29) is 11.5 Å². The Morgan fingerprint density at radius 2 is 1.71 bits per heavy atom. The highest BCUT2D eigenvalue weighted by Gasteiger charge is 2.11. The quantitative estimate of drug-likeness (QED) is 0.921. The van der Waals surface area contributed by atoms with Crippen molar-refractivity contribution in [2.75, 3.05) is 5.75 Å². The van der Waals surface area contributed by atoms with Crippen molar-refractivity contribution in [3.8, 4) is 11.1 Å². The summed E-state index contributed by atoms with van der Waals surface area (Å²) in [6.45, 7) is 0. The van der Waals surface area contributed by atoms with Gasteiger partial charge in [0.25, 0.3) is 0 Å². The number of primary amides is 1. The summed E-state index contributed by atoms with van der Waals surface area (Å²) in [7, 11) is -1.46. The largest absolute Gasteiger partial charge is 0.369 e. The van der Waals surface area contributed by atoms with Crippen molar-refractivity contribution in [3.63, 3.8) is 0 Å². The Labute approximate surface area is 123 Å². The van der Waals surface area contributed by atoms with Crippen molar-refractivity contribution in [3.05, 3.63) is 59.7 Å². The van der Waals surface area contributed by atoms with Crippen LogP contribution in [0.2, 0.25) is 0 Å². The predicted molar refractivity (Wildman–Crippen MR) is 77.7 cm³/mol. The molecule has 2 rings (SSSR count). The lowest BCUT2D eigenvalue weighted by molar-refractivity contribution is -0.115. The third-order valence-corrected chi connectivity index (χ3v) is 4.05. The van der Waals surface area contributed by atoms with Gasteiger partial charge in [-0.2, -0.15) is 0 Å². The number of hydrogen-bond donors (Lipinski definition) is 1. The molecule has 6 heteroatoms. The molecular weight excluding hydrogens is 296 g/mol. The molecule has 0 saturated carbocycles. The molecule has 0 spiro atoms. The molecule has 0 radical (unpaired) electrons. The molecule has 0 fully saturated rings. The van der Waals surface area contributed by atoms with Gasteiger partial charge in [-0.05, 0) is 28.8 Å². The molecule has 2 aromatic rings. The van der Waals surface area contributed by atoms with Crippen LogP contribution in [0.25, 0.3) is 11.1 Å². The lowest BCUT2D eigenvalue weighted by atomic mass is 10.0. The van der Waals surface area contributed by atoms with Crippen LogP contribution >= 0.6 is 0 Å². The van der Waals surface area contributed by atoms with Crippen LogP contribution in [-0.2, 0) is 21.3 Å². The highest BCUT2D eigenvalue weighted by molar-refractivity contribution is 7.84. The molecule has 1 atom stereocenters. The van der Waals surface area contributed by atoms with Gasteiger partial charge in [0.2, 0.25) is 5.91 Å². The lowest BCUT2D eigenvalue weighted by Gasteiger charge is -2.09. The molecule has 0 heterocycles. The van der Waals surface area contributed by atoms with Crippen LogP contribution in [-0.4, -0.2) is 15.9 Å². The summed E-state index contributed by atoms with van der Waals surface area (Å²) in [5.74, 6) is -2.16. The van der Waals surface area contributed by atoms with Gasteiger partial charge in [0.05, 0.1) is 0 Å². The van der Waals surface area contributed by atoms with Gasteiger partial charge in [0.1, 0.15) is 17.4 Å². The summed E-state index contributed by atoms with van der Waals surface area (Å²) >= 11 is 0. The monoisotopic (exact) mass is 309 g/mol. The summed E-state index contributed by atoms with van der Waals surface area (Å²) in [6.07, 6.45) is 0. The summed E-state index contributed by atoms with van der Waals surface area (Å²) in [5.41, 5.74) is 6.58. The Hall–Kier alpha value is -2.08. The van der Waals surface area contributed by atoms with Crippen LogP contribution in [0, 0.1) is 11.6 Å². The maximum Gasteiger partial charge on any atom is 0.230 e. The third-order valence-electron chi connectivity index (χ3n) is 2.81. The van der Waals surface area contributed by atoms with E-state index in [0.717, 1.165) is 6.07 Å². The number of carbonyl (C=O) groups is 1. The van der Waals surface area contributed by atoms with Gasteiger partial charge in [0, 0.05) is 22.6 Å². The average molecular weight is 309 g/mol. The minimum atomic E-state index is -1.46. The number of carbonyl (C=O) groups excluding carboxylic acids is 1. The van der Waals surface area contributed by atoms with E-state index in [1.54, 1.807) is 24.3 Å². The zero-order valence-corrected chi connectivity index (χ0v) is 11.8. The van der Waals surface area contributed by atoms with Crippen molar-refractivity contribution in [2.24, 2.45) is 5.73 Å². The average Bonchev–Trinajstić information content (AvgIpc) is 2.37. The van der Waals surface area contributed by atoms with Gasteiger partial charge in [0.15, 0.2) is 0 Å². The van der Waals surface area contributed by atoms with Gasteiger partial charge in [-0.1, -0.05) is 24.3 Å². The van der Waals surface area contributed by atoms with Gasteiger partial charge in [-0.25, -0.2) is 8.78 Å². The van der Waals surface area contributed by atoms with Crippen molar-refractivity contribution in [2.45, 2.75) is 5.75 Å². The fourth-order valence-electron chi connectivity index (χ4n) is 2.02. The Bertz CT molecular complexity index is 684. The maximum atomic E-state index is 13.3. The number of benzene rings is 2. The predicted octanol–water partition coefficient (Wildman–Crippen LogP) is 2.37. The smallest absolute Gasteiger partial charge is 0.230 e. The van der Waals surface area contributed by atoms with Crippen LogP contribution in [0.1, 0.15) is 5.56 Å². The van der Waals surface area contributed by atoms with E-state index in [0.29, 0.717) is 16.7 Å². The van der Waals surface area contributed by atoms with E-state index in [4.69, 9.17) is 5.73 Å². The molecule has 110 valence electrons. The molecule has 0 bridgehead atoms. The van der Waals surface area contributed by atoms with E-state index in [9.17, 15) is 17.8 Å². The van der Waals surface area contributed by atoms with Crippen LogP contribution in [0.4, 0.5) is 8.78 Å². The first-order valence-electron chi connectivity index (χ1n) is 6.13. The fraction of sp³-hybridized carbons (Fsp3) is 0.133. The van der Waals surface area contributed by atoms with Gasteiger partial charge < -0.3 is 5.73 Å². The molecule has 0 aliphatic carbocycles. The molecular formula is C15H13F2NO2S. The normalized spacial score (nSPS) is 12.1. The number of hydrogen-bond acceptors (Lipinski definition) is 2. The molecule has 1 amide bonds. The maximum absolute atomic E-state index is 13.3. The number of rotatable bonds is 5. The Kier molecular flexibility index (Phi) is 4.80. The van der Waals surface area contributed by atoms with Crippen molar-refractivity contribution < 1.29 is 17.8 Å². The van der Waals surface area contributed by atoms with Crippen LogP contribution in [0.15, 0.2) is 42.5 Å². The Morgan fingerprint density at radius 1 is 1.10 bits per heavy atom. The van der Waals surface area contributed by atoms with Crippen LogP contribution in [0.5, 0.6) is 0 Å². The highest BCUT2D eigenvalue weighted by Crippen LogP contribution is 2.26. The second-order valence-electron chi connectivity index (χ2n) is 4.51. The second kappa shape index (κ2) is 6.58. The second-order valence-corrected chi connectivity index (χ2v) is 5.97. The van der Waals surface area contributed by atoms with Gasteiger partial charge >= 0.3 is 0 Å². The first kappa shape index (κ1) is 15.3. The van der Waals surface area contributed by atoms with E-state index in [1.807, 2.05) is 0 Å². The van der Waals surface area contributed by atoms with E-state index in [2.05, 4.69) is 0 Å². The zero-order valence-electron chi connectivity index (χ0n) is 11.0. The number of nitrogens with two attached hydrogens (primary N) is 1. The summed E-state index contributed by atoms with van der Waals surface area (Å²) in [6, 6.07) is 10.0. The summed E-state index contributed by atoms with van der Waals surface area (Å²) < 4.78 is 38.4. The lowest BCUT2D eigenvalue weighted by Crippen LogP contribution is -2.20. The van der Waals surface area contributed by atoms with Crippen molar-refractivity contribution >= 4 is 16.7 Å². The van der Waals surface area contributed by atoms with Crippen LogP contribution in [0.3, 0.4) is 0 Å².